The zero-order chi connectivity index (χ0) is 15.5. The van der Waals surface area contributed by atoms with Crippen molar-refractivity contribution in [1.82, 2.24) is 0 Å². The van der Waals surface area contributed by atoms with Gasteiger partial charge in [0.05, 0.1) is 12.2 Å². The van der Waals surface area contributed by atoms with Crippen LogP contribution in [0.1, 0.15) is 63.2 Å². The molecule has 0 bridgehead atoms. The van der Waals surface area contributed by atoms with Crippen molar-refractivity contribution in [3.63, 3.8) is 0 Å². The van der Waals surface area contributed by atoms with Crippen molar-refractivity contribution in [2.75, 3.05) is 6.61 Å². The lowest BCUT2D eigenvalue weighted by atomic mass is 10.1. The summed E-state index contributed by atoms with van der Waals surface area (Å²) < 4.78 is 5.32. The highest BCUT2D eigenvalue weighted by Gasteiger charge is 2.12. The molecule has 0 aliphatic carbocycles. The molecule has 0 amide bonds. The van der Waals surface area contributed by atoms with Gasteiger partial charge >= 0.3 is 5.97 Å². The van der Waals surface area contributed by atoms with Gasteiger partial charge < -0.3 is 4.74 Å². The van der Waals surface area contributed by atoms with Crippen molar-refractivity contribution in [2.45, 2.75) is 52.9 Å². The third-order valence-electron chi connectivity index (χ3n) is 3.04. The number of ether oxygens (including phenoxy) is 1. The molecule has 0 aliphatic heterocycles. The van der Waals surface area contributed by atoms with E-state index in [0.717, 1.165) is 24.7 Å². The Labute approximate surface area is 127 Å². The van der Waals surface area contributed by atoms with Crippen LogP contribution in [0.4, 0.5) is 0 Å². The first-order valence-electron chi connectivity index (χ1n) is 7.61. The fourth-order valence-electron chi connectivity index (χ4n) is 1.85. The topological polar surface area (TPSA) is 44.8 Å². The summed E-state index contributed by atoms with van der Waals surface area (Å²) in [5.74, 6) is 0.236. The van der Waals surface area contributed by atoms with Crippen LogP contribution in [-0.2, 0) is 9.78 Å². The van der Waals surface area contributed by atoms with E-state index in [2.05, 4.69) is 6.92 Å². The summed E-state index contributed by atoms with van der Waals surface area (Å²) in [6, 6.07) is 6.80. The van der Waals surface area contributed by atoms with Gasteiger partial charge in [-0.25, -0.2) is 4.79 Å². The van der Waals surface area contributed by atoms with Gasteiger partial charge in [-0.1, -0.05) is 32.6 Å². The van der Waals surface area contributed by atoms with Gasteiger partial charge in [0, 0.05) is 0 Å². The van der Waals surface area contributed by atoms with E-state index in [-0.39, 0.29) is 0 Å². The van der Waals surface area contributed by atoms with Gasteiger partial charge in [0.1, 0.15) is 11.9 Å². The first-order valence-corrected chi connectivity index (χ1v) is 7.61. The lowest BCUT2D eigenvalue weighted by Gasteiger charge is -2.10. The molecule has 0 saturated carbocycles. The highest BCUT2D eigenvalue weighted by Crippen LogP contribution is 2.16. The van der Waals surface area contributed by atoms with Crippen LogP contribution in [0, 0.1) is 6.10 Å². The Morgan fingerprint density at radius 2 is 1.71 bits per heavy atom. The molecule has 4 nitrogen and oxygen atoms in total. The third-order valence-corrected chi connectivity index (χ3v) is 3.04. The second-order valence-electron chi connectivity index (χ2n) is 4.92. The Kier molecular flexibility index (Phi) is 8.51. The minimum Gasteiger partial charge on any atom is -0.494 e. The molecule has 4 heteroatoms. The molecule has 1 aromatic rings. The lowest BCUT2D eigenvalue weighted by Crippen LogP contribution is -2.08. The summed E-state index contributed by atoms with van der Waals surface area (Å²) in [5, 5.41) is 0. The second kappa shape index (κ2) is 10.2. The number of carbonyl (C=O) groups is 1. The number of unbranched alkanes of at least 4 members (excludes halogenated alkanes) is 3. The largest absolute Gasteiger partial charge is 0.494 e. The van der Waals surface area contributed by atoms with E-state index in [9.17, 15) is 4.79 Å². The van der Waals surface area contributed by atoms with Crippen molar-refractivity contribution in [3.8, 4) is 5.75 Å². The molecule has 117 valence electrons. The van der Waals surface area contributed by atoms with Gasteiger partial charge in [0.25, 0.3) is 0 Å². The quantitative estimate of drug-likeness (QED) is 0.356. The average Bonchev–Trinajstić information content (AvgIpc) is 2.50. The summed E-state index contributed by atoms with van der Waals surface area (Å²) >= 11 is 0. The summed E-state index contributed by atoms with van der Waals surface area (Å²) in [5.41, 5.74) is 0.442. The van der Waals surface area contributed by atoms with E-state index in [0.29, 0.717) is 12.2 Å². The normalized spacial score (nSPS) is 10.7. The first kappa shape index (κ1) is 17.5. The van der Waals surface area contributed by atoms with E-state index in [1.807, 2.05) is 13.8 Å². The molecule has 0 aromatic heterocycles. The van der Waals surface area contributed by atoms with E-state index in [1.165, 1.54) is 19.3 Å². The average molecular weight is 293 g/mol. The predicted octanol–water partition coefficient (Wildman–Crippen LogP) is 4.70. The number of rotatable bonds is 10. The summed E-state index contributed by atoms with van der Waals surface area (Å²) in [4.78, 5) is 21.7. The van der Waals surface area contributed by atoms with E-state index in [1.54, 1.807) is 24.3 Å². The molecule has 0 heterocycles. The smallest absolute Gasteiger partial charge is 0.373 e. The molecular formula is C17H25O4. The van der Waals surface area contributed by atoms with Crippen LogP contribution in [0.3, 0.4) is 0 Å². The minimum atomic E-state index is -0.494. The Morgan fingerprint density at radius 3 is 2.33 bits per heavy atom. The molecule has 0 saturated heterocycles. The standard InChI is InChI=1S/C17H25O4/c1-4-6-7-8-9-14(3)20-21-17(18)15-10-12-16(13-11-15)19-5-2/h10-13H,4-9H2,1-3H3. The molecule has 0 aliphatic rings. The maximum Gasteiger partial charge on any atom is 0.373 e. The first-order chi connectivity index (χ1) is 10.2. The van der Waals surface area contributed by atoms with Crippen LogP contribution in [0.2, 0.25) is 0 Å². The van der Waals surface area contributed by atoms with E-state index >= 15 is 0 Å². The van der Waals surface area contributed by atoms with Gasteiger partial charge in [0.15, 0.2) is 0 Å². The molecule has 0 fully saturated rings. The van der Waals surface area contributed by atoms with Gasteiger partial charge in [0.2, 0.25) is 0 Å². The maximum atomic E-state index is 11.8. The van der Waals surface area contributed by atoms with Gasteiger partial charge in [-0.15, -0.1) is 0 Å². The molecule has 21 heavy (non-hydrogen) atoms. The molecule has 1 rings (SSSR count). The maximum absolute atomic E-state index is 11.8. The number of hydrogen-bond donors (Lipinski definition) is 0. The zero-order valence-corrected chi connectivity index (χ0v) is 13.2. The van der Waals surface area contributed by atoms with Crippen LogP contribution < -0.4 is 4.74 Å². The molecule has 0 N–H and O–H groups in total. The monoisotopic (exact) mass is 293 g/mol. The van der Waals surface area contributed by atoms with Gasteiger partial charge in [-0.2, -0.15) is 4.89 Å². The Balaban J connectivity index is 2.29. The molecule has 0 spiro atoms. The van der Waals surface area contributed by atoms with Crippen LogP contribution in [-0.4, -0.2) is 12.6 Å². The van der Waals surface area contributed by atoms with Crippen molar-refractivity contribution in [3.05, 3.63) is 35.9 Å². The SMILES string of the molecule is CCCCCC[C](C)OOC(=O)c1ccc(OCC)cc1. The highest BCUT2D eigenvalue weighted by atomic mass is 17.2. The Morgan fingerprint density at radius 1 is 1.00 bits per heavy atom. The van der Waals surface area contributed by atoms with Crippen LogP contribution in [0.25, 0.3) is 0 Å². The van der Waals surface area contributed by atoms with E-state index in [4.69, 9.17) is 14.5 Å². The van der Waals surface area contributed by atoms with Crippen molar-refractivity contribution in [2.24, 2.45) is 0 Å². The predicted molar refractivity (Wildman–Crippen MR) is 81.8 cm³/mol. The fraction of sp³-hybridized carbons (Fsp3) is 0.529. The van der Waals surface area contributed by atoms with Gasteiger partial charge in [-0.3, -0.25) is 4.89 Å². The molecule has 1 radical (unpaired) electrons. The zero-order valence-electron chi connectivity index (χ0n) is 13.2. The highest BCUT2D eigenvalue weighted by molar-refractivity contribution is 5.89. The second-order valence-corrected chi connectivity index (χ2v) is 4.92. The number of hydrogen-bond acceptors (Lipinski definition) is 4. The van der Waals surface area contributed by atoms with Crippen LogP contribution in [0.15, 0.2) is 24.3 Å². The number of benzene rings is 1. The summed E-state index contributed by atoms with van der Waals surface area (Å²) in [6.07, 6.45) is 6.19. The molecule has 1 aromatic carbocycles. The lowest BCUT2D eigenvalue weighted by molar-refractivity contribution is -0.233. The third kappa shape index (κ3) is 7.14. The van der Waals surface area contributed by atoms with E-state index < -0.39 is 5.97 Å². The minimum absolute atomic E-state index is 0.442. The Bertz CT molecular complexity index is 400. The Hall–Kier alpha value is -1.55. The summed E-state index contributed by atoms with van der Waals surface area (Å²) in [7, 11) is 0. The molecule has 0 unspecified atom stereocenters. The van der Waals surface area contributed by atoms with Crippen molar-refractivity contribution >= 4 is 5.97 Å². The number of carbonyl (C=O) groups excluding carboxylic acids is 1. The van der Waals surface area contributed by atoms with Crippen LogP contribution in [0.5, 0.6) is 5.75 Å². The fourth-order valence-corrected chi connectivity index (χ4v) is 1.85. The molecular weight excluding hydrogens is 268 g/mol. The molecule has 0 atom stereocenters. The van der Waals surface area contributed by atoms with Crippen molar-refractivity contribution in [1.29, 1.82) is 0 Å². The van der Waals surface area contributed by atoms with Gasteiger partial charge in [-0.05, 0) is 44.5 Å². The summed E-state index contributed by atoms with van der Waals surface area (Å²) in [6.45, 7) is 6.51. The van der Waals surface area contributed by atoms with Crippen molar-refractivity contribution < 1.29 is 19.3 Å². The van der Waals surface area contributed by atoms with Crippen LogP contribution >= 0.6 is 0 Å².